The van der Waals surface area contributed by atoms with Gasteiger partial charge in [0, 0.05) is 0 Å². The van der Waals surface area contributed by atoms with Crippen LogP contribution < -0.4 is 5.73 Å². The predicted octanol–water partition coefficient (Wildman–Crippen LogP) is -1.30. The molecule has 0 atom stereocenters. The van der Waals surface area contributed by atoms with Gasteiger partial charge in [-0.15, -0.1) is 10.2 Å². The van der Waals surface area contributed by atoms with Crippen molar-refractivity contribution in [1.82, 2.24) is 15.4 Å². The second kappa shape index (κ2) is 2.40. The maximum atomic E-state index is 10.4. The molecule has 0 aliphatic heterocycles. The molecule has 1 rings (SSSR count). The molecule has 8 heteroatoms. The topological polar surface area (TPSA) is 119 Å². The van der Waals surface area contributed by atoms with Crippen LogP contribution in [0.2, 0.25) is 0 Å². The molecule has 0 aromatic carbocycles. The maximum absolute atomic E-state index is 10.4. The van der Waals surface area contributed by atoms with Gasteiger partial charge < -0.3 is 5.73 Å². The van der Waals surface area contributed by atoms with Crippen LogP contribution in [0.1, 0.15) is 0 Å². The molecular weight excluding hydrogens is 172 g/mol. The van der Waals surface area contributed by atoms with E-state index < -0.39 is 15.1 Å². The number of aromatic nitrogens is 3. The number of rotatable bonds is 1. The minimum absolute atomic E-state index is 0.234. The maximum Gasteiger partial charge on any atom is 0.316 e. The molecule has 1 aromatic heterocycles. The molecule has 0 amide bonds. The van der Waals surface area contributed by atoms with Crippen molar-refractivity contribution in [3.8, 4) is 0 Å². The van der Waals surface area contributed by atoms with Gasteiger partial charge in [0.05, 0.1) is 11.9 Å². The molecule has 1 aromatic rings. The molecule has 0 radical (unpaired) electrons. The number of anilines is 1. The highest BCUT2D eigenvalue weighted by Crippen LogP contribution is 2.09. The Balaban J connectivity index is 3.37. The summed E-state index contributed by atoms with van der Waals surface area (Å²) in [6, 6.07) is 0. The Labute approximate surface area is 62.0 Å². The van der Waals surface area contributed by atoms with Gasteiger partial charge in [-0.25, -0.2) is 0 Å². The van der Waals surface area contributed by atoms with Gasteiger partial charge in [-0.05, 0) is 5.21 Å². The van der Waals surface area contributed by atoms with Crippen LogP contribution >= 0.6 is 0 Å². The van der Waals surface area contributed by atoms with Crippen molar-refractivity contribution >= 4 is 15.8 Å². The van der Waals surface area contributed by atoms with E-state index >= 15 is 0 Å². The van der Waals surface area contributed by atoms with Gasteiger partial charge >= 0.3 is 10.1 Å². The molecule has 7 nitrogen and oxygen atoms in total. The number of nitrogen functional groups attached to an aromatic ring is 1. The minimum atomic E-state index is -4.37. The third-order valence-corrected chi connectivity index (χ3v) is 1.68. The zero-order valence-electron chi connectivity index (χ0n) is 5.17. The van der Waals surface area contributed by atoms with Crippen molar-refractivity contribution < 1.29 is 13.0 Å². The Hall–Kier alpha value is -1.28. The molecule has 0 fully saturated rings. The van der Waals surface area contributed by atoms with Crippen molar-refractivity contribution in [2.24, 2.45) is 0 Å². The summed E-state index contributed by atoms with van der Waals surface area (Å²) in [5.41, 5.74) is 4.87. The average Bonchev–Trinajstić information content (AvgIpc) is 1.86. The van der Waals surface area contributed by atoms with Crippen LogP contribution in [0.3, 0.4) is 0 Å². The number of nitrogens with zero attached hydrogens (tertiary/aromatic N) is 3. The van der Waals surface area contributed by atoms with Gasteiger partial charge in [-0.1, -0.05) is 0 Å². The molecular formula is C3H4N4O3S. The third kappa shape index (κ3) is 1.59. The van der Waals surface area contributed by atoms with Crippen molar-refractivity contribution in [3.05, 3.63) is 6.20 Å². The lowest BCUT2D eigenvalue weighted by atomic mass is 10.6. The number of nitrogens with two attached hydrogens (primary N) is 1. The van der Waals surface area contributed by atoms with Crippen molar-refractivity contribution in [2.45, 2.75) is 5.03 Å². The van der Waals surface area contributed by atoms with Crippen molar-refractivity contribution in [2.75, 3.05) is 5.73 Å². The van der Waals surface area contributed by atoms with Crippen LogP contribution in [0, 0.1) is 0 Å². The zero-order chi connectivity index (χ0) is 8.48. The van der Waals surface area contributed by atoms with E-state index in [9.17, 15) is 8.42 Å². The molecule has 0 spiro atoms. The lowest BCUT2D eigenvalue weighted by Crippen LogP contribution is -2.07. The normalized spacial score (nSPS) is 11.4. The van der Waals surface area contributed by atoms with E-state index in [2.05, 4.69) is 15.4 Å². The summed E-state index contributed by atoms with van der Waals surface area (Å²) in [5, 5.41) is 8.54. The highest BCUT2D eigenvalue weighted by molar-refractivity contribution is 7.85. The first kappa shape index (κ1) is 7.82. The standard InChI is InChI=1S/C3H4N4O3S/c4-2-1-5-7-6-3(2)11(8,9)10/h1H,(H2,4,7)(H,8,9,10). The Morgan fingerprint density at radius 3 is 2.55 bits per heavy atom. The van der Waals surface area contributed by atoms with Crippen molar-refractivity contribution in [3.63, 3.8) is 0 Å². The fourth-order valence-corrected chi connectivity index (χ4v) is 0.958. The third-order valence-electron chi connectivity index (χ3n) is 0.875. The van der Waals surface area contributed by atoms with E-state index in [1.54, 1.807) is 0 Å². The summed E-state index contributed by atoms with van der Waals surface area (Å²) in [5.74, 6) is 0. The summed E-state index contributed by atoms with van der Waals surface area (Å²) in [6.45, 7) is 0. The van der Waals surface area contributed by atoms with Gasteiger partial charge in [-0.3, -0.25) is 4.55 Å². The fraction of sp³-hybridized carbons (Fsp3) is 0. The highest BCUT2D eigenvalue weighted by Gasteiger charge is 2.15. The quantitative estimate of drug-likeness (QED) is 0.510. The highest BCUT2D eigenvalue weighted by atomic mass is 32.2. The Bertz CT molecular complexity index is 361. The molecule has 0 aliphatic rings. The zero-order valence-corrected chi connectivity index (χ0v) is 5.98. The first-order chi connectivity index (χ1) is 5.02. The van der Waals surface area contributed by atoms with E-state index in [1.165, 1.54) is 0 Å². The Morgan fingerprint density at radius 1 is 1.55 bits per heavy atom. The van der Waals surface area contributed by atoms with Crippen LogP contribution in [0.4, 0.5) is 5.69 Å². The van der Waals surface area contributed by atoms with E-state index in [4.69, 9.17) is 10.3 Å². The first-order valence-corrected chi connectivity index (χ1v) is 3.87. The van der Waals surface area contributed by atoms with Crippen LogP contribution in [0.15, 0.2) is 11.2 Å². The average molecular weight is 176 g/mol. The Kier molecular flexibility index (Phi) is 1.71. The van der Waals surface area contributed by atoms with Crippen LogP contribution in [-0.2, 0) is 10.1 Å². The second-order valence-corrected chi connectivity index (χ2v) is 3.01. The lowest BCUT2D eigenvalue weighted by molar-refractivity contribution is 0.477. The molecule has 11 heavy (non-hydrogen) atoms. The van der Waals surface area contributed by atoms with E-state index in [0.29, 0.717) is 0 Å². The van der Waals surface area contributed by atoms with E-state index in [-0.39, 0.29) is 5.69 Å². The molecule has 0 saturated heterocycles. The molecule has 0 bridgehead atoms. The molecule has 3 N–H and O–H groups in total. The Morgan fingerprint density at radius 2 is 2.18 bits per heavy atom. The molecule has 0 unspecified atom stereocenters. The smallest absolute Gasteiger partial charge is 0.316 e. The fourth-order valence-electron chi connectivity index (χ4n) is 0.468. The van der Waals surface area contributed by atoms with Gasteiger partial charge in [-0.2, -0.15) is 8.42 Å². The second-order valence-electron chi connectivity index (χ2n) is 1.67. The summed E-state index contributed by atoms with van der Waals surface area (Å²) in [6.07, 6.45) is 0.982. The SMILES string of the molecule is Nc1cnnnc1S(=O)(=O)O. The lowest BCUT2D eigenvalue weighted by Gasteiger charge is -1.95. The van der Waals surface area contributed by atoms with Crippen molar-refractivity contribution in [1.29, 1.82) is 0 Å². The van der Waals surface area contributed by atoms with Crippen LogP contribution in [0.5, 0.6) is 0 Å². The number of hydrogen-bond donors (Lipinski definition) is 2. The summed E-state index contributed by atoms with van der Waals surface area (Å²) in [4.78, 5) is 0. The largest absolute Gasteiger partial charge is 0.395 e. The van der Waals surface area contributed by atoms with Crippen LogP contribution in [0.25, 0.3) is 0 Å². The van der Waals surface area contributed by atoms with E-state index in [1.807, 2.05) is 0 Å². The van der Waals surface area contributed by atoms with Gasteiger partial charge in [0.2, 0.25) is 5.03 Å². The minimum Gasteiger partial charge on any atom is -0.395 e. The van der Waals surface area contributed by atoms with Gasteiger partial charge in [0.15, 0.2) is 0 Å². The summed E-state index contributed by atoms with van der Waals surface area (Å²) < 4.78 is 29.2. The monoisotopic (exact) mass is 176 g/mol. The first-order valence-electron chi connectivity index (χ1n) is 2.43. The van der Waals surface area contributed by atoms with Crippen LogP contribution in [-0.4, -0.2) is 28.4 Å². The van der Waals surface area contributed by atoms with E-state index in [0.717, 1.165) is 6.20 Å². The van der Waals surface area contributed by atoms with Gasteiger partial charge in [0.1, 0.15) is 0 Å². The summed E-state index contributed by atoms with van der Waals surface area (Å²) in [7, 11) is -4.37. The molecule has 60 valence electrons. The molecule has 1 heterocycles. The number of hydrogen-bond acceptors (Lipinski definition) is 6. The molecule has 0 saturated carbocycles. The summed E-state index contributed by atoms with van der Waals surface area (Å²) >= 11 is 0. The predicted molar refractivity (Wildman–Crippen MR) is 34.1 cm³/mol. The molecule has 0 aliphatic carbocycles. The van der Waals surface area contributed by atoms with Gasteiger partial charge in [0.25, 0.3) is 0 Å².